The molecule has 4 nitrogen and oxygen atoms in total. The van der Waals surface area contributed by atoms with Gasteiger partial charge in [0.2, 0.25) is 0 Å². The van der Waals surface area contributed by atoms with Crippen LogP contribution in [0.3, 0.4) is 0 Å². The summed E-state index contributed by atoms with van der Waals surface area (Å²) >= 11 is 1.82. The van der Waals surface area contributed by atoms with Crippen LogP contribution in [0.2, 0.25) is 0 Å². The largest absolute Gasteiger partial charge is 0.456 e. The van der Waals surface area contributed by atoms with Crippen molar-refractivity contribution in [1.82, 2.24) is 4.57 Å². The number of allylic oxidation sites excluding steroid dienone is 1. The summed E-state index contributed by atoms with van der Waals surface area (Å²) in [5, 5.41) is 11.9. The van der Waals surface area contributed by atoms with Gasteiger partial charge in [-0.3, -0.25) is 0 Å². The topological polar surface area (TPSA) is 42.8 Å². The van der Waals surface area contributed by atoms with Crippen molar-refractivity contribution < 1.29 is 4.42 Å². The average molecular weight is 874 g/mol. The number of benzene rings is 10. The van der Waals surface area contributed by atoms with Gasteiger partial charge in [-0.2, -0.15) is 0 Å². The predicted octanol–water partition coefficient (Wildman–Crippen LogP) is 17.1. The van der Waals surface area contributed by atoms with Gasteiger partial charge in [-0.05, 0) is 106 Å². The van der Waals surface area contributed by atoms with Crippen LogP contribution in [0.1, 0.15) is 29.5 Å². The van der Waals surface area contributed by atoms with E-state index >= 15 is 0 Å². The molecule has 0 fully saturated rings. The van der Waals surface area contributed by atoms with E-state index in [1.807, 2.05) is 11.3 Å². The van der Waals surface area contributed by atoms with Crippen LogP contribution < -0.4 is 0 Å². The van der Waals surface area contributed by atoms with E-state index in [9.17, 15) is 0 Å². The number of thiophene rings is 1. The van der Waals surface area contributed by atoms with Crippen molar-refractivity contribution >= 4 is 114 Å². The van der Waals surface area contributed by atoms with E-state index in [1.165, 1.54) is 52.7 Å². The molecule has 314 valence electrons. The van der Waals surface area contributed by atoms with Crippen molar-refractivity contribution in [2.24, 2.45) is 9.98 Å². The van der Waals surface area contributed by atoms with Gasteiger partial charge in [-0.1, -0.05) is 152 Å². The monoisotopic (exact) mass is 873 g/mol. The van der Waals surface area contributed by atoms with Gasteiger partial charge >= 0.3 is 0 Å². The zero-order valence-corrected chi connectivity index (χ0v) is 37.1. The Morgan fingerprint density at radius 1 is 0.418 bits per heavy atom. The molecule has 1 aliphatic rings. The van der Waals surface area contributed by atoms with Crippen molar-refractivity contribution in [2.75, 3.05) is 0 Å². The van der Waals surface area contributed by atoms with Crippen LogP contribution in [0.4, 0.5) is 0 Å². The predicted molar refractivity (Wildman–Crippen MR) is 285 cm³/mol. The van der Waals surface area contributed by atoms with Crippen LogP contribution in [-0.4, -0.2) is 16.1 Å². The highest BCUT2D eigenvalue weighted by Crippen LogP contribution is 2.42. The minimum atomic E-state index is 0.686. The Morgan fingerprint density at radius 2 is 1.10 bits per heavy atom. The molecule has 14 rings (SSSR count). The smallest absolute Gasteiger partial charge is 0.160 e. The quantitative estimate of drug-likeness (QED) is 0.170. The second-order valence-electron chi connectivity index (χ2n) is 17.6. The lowest BCUT2D eigenvalue weighted by Crippen LogP contribution is -2.10. The molecule has 0 N–H and O–H groups in total. The summed E-state index contributed by atoms with van der Waals surface area (Å²) in [5.74, 6) is 0.686. The first kappa shape index (κ1) is 37.9. The highest BCUT2D eigenvalue weighted by atomic mass is 32.1. The molecule has 1 aliphatic heterocycles. The molecule has 0 amide bonds. The Kier molecular flexibility index (Phi) is 8.55. The van der Waals surface area contributed by atoms with E-state index in [1.54, 1.807) is 0 Å². The summed E-state index contributed by atoms with van der Waals surface area (Å²) in [6, 6.07) is 74.4. The minimum Gasteiger partial charge on any atom is -0.456 e. The molecule has 0 bridgehead atoms. The molecular formula is C62H39N3OS. The first-order valence-electron chi connectivity index (χ1n) is 22.9. The highest BCUT2D eigenvalue weighted by Gasteiger charge is 2.23. The number of amidine groups is 1. The number of hydrogen-bond acceptors (Lipinski definition) is 4. The first-order chi connectivity index (χ1) is 33.2. The maximum Gasteiger partial charge on any atom is 0.160 e. The number of hydrogen-bond donors (Lipinski definition) is 0. The number of furan rings is 1. The fraction of sp³-hybridized carbons (Fsp3) is 0.0323. The van der Waals surface area contributed by atoms with Crippen molar-refractivity contribution in [1.29, 1.82) is 0 Å². The van der Waals surface area contributed by atoms with Gasteiger partial charge in [-0.15, -0.1) is 11.3 Å². The maximum absolute atomic E-state index is 6.98. The Hall–Kier alpha value is -8.38. The van der Waals surface area contributed by atoms with Gasteiger partial charge in [-0.25, -0.2) is 9.98 Å². The lowest BCUT2D eigenvalue weighted by atomic mass is 9.98. The van der Waals surface area contributed by atoms with Gasteiger partial charge in [0, 0.05) is 53.0 Å². The van der Waals surface area contributed by atoms with E-state index < -0.39 is 0 Å². The molecule has 13 aromatic rings. The third kappa shape index (κ3) is 6.27. The van der Waals surface area contributed by atoms with Gasteiger partial charge in [0.1, 0.15) is 11.2 Å². The molecule has 0 saturated carbocycles. The Labute approximate surface area is 389 Å². The number of para-hydroxylation sites is 1. The highest BCUT2D eigenvalue weighted by molar-refractivity contribution is 7.25. The minimum absolute atomic E-state index is 0.686. The fourth-order valence-electron chi connectivity index (χ4n) is 10.4. The van der Waals surface area contributed by atoms with Crippen LogP contribution in [0.5, 0.6) is 0 Å². The summed E-state index contributed by atoms with van der Waals surface area (Å²) in [4.78, 5) is 11.2. The second kappa shape index (κ2) is 15.1. The second-order valence-corrected chi connectivity index (χ2v) is 18.7. The molecular weight excluding hydrogens is 835 g/mol. The summed E-state index contributed by atoms with van der Waals surface area (Å²) < 4.78 is 11.9. The molecule has 0 saturated heterocycles. The van der Waals surface area contributed by atoms with Crippen LogP contribution in [0.15, 0.2) is 227 Å². The molecule has 0 aliphatic carbocycles. The molecule has 3 aromatic heterocycles. The Bertz CT molecular complexity index is 4280. The Morgan fingerprint density at radius 3 is 1.96 bits per heavy atom. The summed E-state index contributed by atoms with van der Waals surface area (Å²) in [6.07, 6.45) is 3.76. The maximum atomic E-state index is 6.98. The molecule has 10 aromatic carbocycles. The zero-order valence-electron chi connectivity index (χ0n) is 36.3. The van der Waals surface area contributed by atoms with E-state index in [0.29, 0.717) is 12.3 Å². The third-order valence-electron chi connectivity index (χ3n) is 13.6. The molecule has 4 heterocycles. The molecule has 0 atom stereocenters. The molecule has 0 radical (unpaired) electrons. The van der Waals surface area contributed by atoms with E-state index in [0.717, 1.165) is 84.1 Å². The number of rotatable bonds is 5. The van der Waals surface area contributed by atoms with Crippen LogP contribution >= 0.6 is 11.3 Å². The van der Waals surface area contributed by atoms with E-state index in [2.05, 4.69) is 217 Å². The number of aliphatic imine (C=N–C) groups is 2. The first-order valence-corrected chi connectivity index (χ1v) is 23.7. The fourth-order valence-corrected chi connectivity index (χ4v) is 11.6. The lowest BCUT2D eigenvalue weighted by molar-refractivity contribution is 0.669. The molecule has 5 heteroatoms. The average Bonchev–Trinajstić information content (AvgIpc) is 4.03. The van der Waals surface area contributed by atoms with Gasteiger partial charge in [0.25, 0.3) is 0 Å². The summed E-state index contributed by atoms with van der Waals surface area (Å²) in [5.41, 5.74) is 12.3. The summed E-state index contributed by atoms with van der Waals surface area (Å²) in [6.45, 7) is 0. The van der Waals surface area contributed by atoms with Gasteiger partial charge < -0.3 is 8.98 Å². The van der Waals surface area contributed by atoms with Gasteiger partial charge in [0.15, 0.2) is 5.84 Å². The van der Waals surface area contributed by atoms with Gasteiger partial charge in [0.05, 0.1) is 33.5 Å². The zero-order chi connectivity index (χ0) is 44.0. The summed E-state index contributed by atoms with van der Waals surface area (Å²) in [7, 11) is 0. The lowest BCUT2D eigenvalue weighted by Gasteiger charge is -2.16. The van der Waals surface area contributed by atoms with Crippen molar-refractivity contribution in [3.05, 3.63) is 229 Å². The van der Waals surface area contributed by atoms with Crippen molar-refractivity contribution in [3.8, 4) is 16.8 Å². The molecule has 0 spiro atoms. The van der Waals surface area contributed by atoms with Crippen LogP contribution in [-0.2, 0) is 0 Å². The normalized spacial score (nSPS) is 13.5. The van der Waals surface area contributed by atoms with E-state index in [4.69, 9.17) is 14.4 Å². The van der Waals surface area contributed by atoms with Crippen LogP contribution in [0, 0.1) is 0 Å². The SMILES string of the molecule is C1=C(c2cccc(-c3ccccc3)c2)N=C(c2ccc3c(c2)sc2ccccc23)N=C(c2cc(-n3c4ccccc4c4cc5ccccc5cc43)c3c(c2)oc2cc4ccccc4cc23)CC1. The molecule has 0 unspecified atom stereocenters. The third-order valence-corrected chi connectivity index (χ3v) is 14.8. The molecule has 67 heavy (non-hydrogen) atoms. The van der Waals surface area contributed by atoms with Crippen molar-refractivity contribution in [3.63, 3.8) is 0 Å². The number of nitrogens with zero attached hydrogens (tertiary/aromatic N) is 3. The number of fused-ring (bicyclic) bond motifs is 11. The van der Waals surface area contributed by atoms with E-state index in [-0.39, 0.29) is 0 Å². The number of aromatic nitrogens is 1. The van der Waals surface area contributed by atoms with Crippen LogP contribution in [0.25, 0.3) is 108 Å². The van der Waals surface area contributed by atoms with Crippen molar-refractivity contribution in [2.45, 2.75) is 12.8 Å². The standard InChI is InChI=1S/C62H39N3OS/c1-2-14-38(15-3-1)39-20-12-21-44(30-39)52-24-13-25-53(64-62(63-52)45-28-29-49-48-23-9-11-27-59(48)67-60(49)37-45)46-34-56(61-51-32-41-17-5-7-19-43(41)35-57(51)66-58(61)36-46)65-54-26-10-8-22-47(54)50-31-40-16-4-6-18-42(40)33-55(50)65/h1-12,14-24,26-37H,13,25H2. The Balaban J connectivity index is 1.02.